The molecule has 3 heteroatoms. The lowest BCUT2D eigenvalue weighted by molar-refractivity contribution is -0.0644. The average molecular weight is 296 g/mol. The maximum Gasteiger partial charge on any atom is 0.179 e. The third kappa shape index (κ3) is 2.11. The highest BCUT2D eigenvalue weighted by Gasteiger charge is 2.47. The number of nitrogens with zero attached hydrogens (tertiary/aromatic N) is 1. The number of para-hydroxylation sites is 1. The van der Waals surface area contributed by atoms with Gasteiger partial charge in [-0.3, -0.25) is 9.69 Å². The van der Waals surface area contributed by atoms with Crippen LogP contribution in [0.2, 0.25) is 0 Å². The van der Waals surface area contributed by atoms with Crippen LogP contribution in [-0.2, 0) is 0 Å². The van der Waals surface area contributed by atoms with E-state index in [0.29, 0.717) is 18.3 Å². The minimum atomic E-state index is 0.156. The molecule has 116 valence electrons. The number of hydrogen-bond acceptors (Lipinski definition) is 2. The Hall–Kier alpha value is -1.61. The molecular weight excluding hydrogens is 272 g/mol. The second-order valence-electron chi connectivity index (χ2n) is 7.48. The van der Waals surface area contributed by atoms with Crippen molar-refractivity contribution in [2.75, 3.05) is 13.1 Å². The van der Waals surface area contributed by atoms with Crippen LogP contribution in [0, 0.1) is 11.8 Å². The predicted molar refractivity (Wildman–Crippen MR) is 89.1 cm³/mol. The first kappa shape index (κ1) is 14.0. The Balaban J connectivity index is 1.58. The van der Waals surface area contributed by atoms with E-state index >= 15 is 0 Å². The number of ketones is 1. The number of H-pyrrole nitrogens is 1. The van der Waals surface area contributed by atoms with E-state index in [2.05, 4.69) is 29.8 Å². The summed E-state index contributed by atoms with van der Waals surface area (Å²) in [4.78, 5) is 18.7. The van der Waals surface area contributed by atoms with Gasteiger partial charge < -0.3 is 4.98 Å². The quantitative estimate of drug-likeness (QED) is 0.873. The van der Waals surface area contributed by atoms with E-state index in [9.17, 15) is 4.79 Å². The van der Waals surface area contributed by atoms with Crippen molar-refractivity contribution in [3.8, 4) is 0 Å². The molecule has 1 aromatic heterocycles. The molecule has 5 rings (SSSR count). The number of benzene rings is 1. The first-order chi connectivity index (χ1) is 10.6. The maximum absolute atomic E-state index is 12.8. The van der Waals surface area contributed by atoms with Crippen molar-refractivity contribution < 1.29 is 4.79 Å². The molecule has 1 atom stereocenters. The fourth-order valence-corrected chi connectivity index (χ4v) is 4.64. The minimum Gasteiger partial charge on any atom is -0.352 e. The molecule has 2 bridgehead atoms. The van der Waals surface area contributed by atoms with Gasteiger partial charge in [0.2, 0.25) is 0 Å². The molecular formula is C19H24N2O. The van der Waals surface area contributed by atoms with Crippen molar-refractivity contribution in [1.29, 1.82) is 0 Å². The van der Waals surface area contributed by atoms with Gasteiger partial charge in [0.1, 0.15) is 0 Å². The SMILES string of the molecule is CC1(C)[C@H](CC(=O)c2cc3ccccc3[nH]2)C2CCN1CC2. The fraction of sp³-hybridized carbons (Fsp3) is 0.526. The Morgan fingerprint density at radius 2 is 2.00 bits per heavy atom. The molecule has 1 N–H and O–H groups in total. The summed E-state index contributed by atoms with van der Waals surface area (Å²) >= 11 is 0. The molecule has 1 aromatic carbocycles. The maximum atomic E-state index is 12.8. The van der Waals surface area contributed by atoms with Gasteiger partial charge in [0.25, 0.3) is 0 Å². The zero-order chi connectivity index (χ0) is 15.3. The third-order valence-corrected chi connectivity index (χ3v) is 6.07. The van der Waals surface area contributed by atoms with Gasteiger partial charge in [0.15, 0.2) is 5.78 Å². The second kappa shape index (κ2) is 4.95. The zero-order valence-electron chi connectivity index (χ0n) is 13.4. The van der Waals surface area contributed by atoms with Gasteiger partial charge in [0.05, 0.1) is 5.69 Å². The number of aromatic nitrogens is 1. The summed E-state index contributed by atoms with van der Waals surface area (Å²) in [6.45, 7) is 7.05. The van der Waals surface area contributed by atoms with Crippen molar-refractivity contribution in [1.82, 2.24) is 9.88 Å². The number of aromatic amines is 1. The summed E-state index contributed by atoms with van der Waals surface area (Å²) < 4.78 is 0. The lowest BCUT2D eigenvalue weighted by Crippen LogP contribution is -2.61. The van der Waals surface area contributed by atoms with Crippen LogP contribution in [0.1, 0.15) is 43.6 Å². The number of rotatable bonds is 3. The van der Waals surface area contributed by atoms with Crippen LogP contribution < -0.4 is 0 Å². The van der Waals surface area contributed by atoms with Crippen LogP contribution in [0.3, 0.4) is 0 Å². The second-order valence-corrected chi connectivity index (χ2v) is 7.48. The summed E-state index contributed by atoms with van der Waals surface area (Å²) in [6, 6.07) is 10.1. The van der Waals surface area contributed by atoms with Crippen LogP contribution in [0.15, 0.2) is 30.3 Å². The highest BCUT2D eigenvalue weighted by atomic mass is 16.1. The molecule has 3 fully saturated rings. The summed E-state index contributed by atoms with van der Waals surface area (Å²) in [7, 11) is 0. The topological polar surface area (TPSA) is 36.1 Å². The Kier molecular flexibility index (Phi) is 3.15. The number of piperidine rings is 3. The zero-order valence-corrected chi connectivity index (χ0v) is 13.4. The highest BCUT2D eigenvalue weighted by Crippen LogP contribution is 2.45. The predicted octanol–water partition coefficient (Wildman–Crippen LogP) is 3.86. The smallest absolute Gasteiger partial charge is 0.179 e. The number of carbonyl (C=O) groups is 1. The minimum absolute atomic E-state index is 0.156. The average Bonchev–Trinajstić information content (AvgIpc) is 2.95. The number of hydrogen-bond donors (Lipinski definition) is 1. The molecule has 4 heterocycles. The van der Waals surface area contributed by atoms with Gasteiger partial charge in [-0.2, -0.15) is 0 Å². The van der Waals surface area contributed by atoms with Crippen molar-refractivity contribution in [2.24, 2.45) is 11.8 Å². The molecule has 0 amide bonds. The van der Waals surface area contributed by atoms with E-state index in [1.807, 2.05) is 24.3 Å². The Labute approximate surface area is 131 Å². The van der Waals surface area contributed by atoms with E-state index in [1.54, 1.807) is 0 Å². The van der Waals surface area contributed by atoms with Gasteiger partial charge in [-0.15, -0.1) is 0 Å². The van der Waals surface area contributed by atoms with Gasteiger partial charge in [0, 0.05) is 22.9 Å². The van der Waals surface area contributed by atoms with Gasteiger partial charge >= 0.3 is 0 Å². The van der Waals surface area contributed by atoms with Crippen LogP contribution in [0.25, 0.3) is 10.9 Å². The van der Waals surface area contributed by atoms with Crippen molar-refractivity contribution in [2.45, 2.75) is 38.6 Å². The lowest BCUT2D eigenvalue weighted by atomic mass is 9.65. The largest absolute Gasteiger partial charge is 0.352 e. The van der Waals surface area contributed by atoms with E-state index in [0.717, 1.165) is 16.6 Å². The van der Waals surface area contributed by atoms with Crippen LogP contribution >= 0.6 is 0 Å². The standard InChI is InChI=1S/C19H24N2O/c1-19(2)15(13-7-9-21(19)10-8-13)12-18(22)17-11-14-5-3-4-6-16(14)20-17/h3-6,11,13,15,20H,7-10,12H2,1-2H3/t15-/m1/s1. The van der Waals surface area contributed by atoms with E-state index in [1.165, 1.54) is 25.9 Å². The first-order valence-electron chi connectivity index (χ1n) is 8.42. The molecule has 0 radical (unpaired) electrons. The molecule has 0 unspecified atom stereocenters. The van der Waals surface area contributed by atoms with Gasteiger partial charge in [-0.1, -0.05) is 18.2 Å². The fourth-order valence-electron chi connectivity index (χ4n) is 4.64. The highest BCUT2D eigenvalue weighted by molar-refractivity contribution is 5.99. The van der Waals surface area contributed by atoms with Gasteiger partial charge in [-0.25, -0.2) is 0 Å². The Morgan fingerprint density at radius 1 is 1.27 bits per heavy atom. The van der Waals surface area contributed by atoms with E-state index in [4.69, 9.17) is 0 Å². The summed E-state index contributed by atoms with van der Waals surface area (Å²) in [6.07, 6.45) is 3.18. The van der Waals surface area contributed by atoms with Crippen molar-refractivity contribution in [3.05, 3.63) is 36.0 Å². The van der Waals surface area contributed by atoms with Crippen LogP contribution in [0.4, 0.5) is 0 Å². The Bertz CT molecular complexity index is 674. The monoisotopic (exact) mass is 296 g/mol. The summed E-state index contributed by atoms with van der Waals surface area (Å²) in [5, 5.41) is 1.12. The van der Waals surface area contributed by atoms with E-state index in [-0.39, 0.29) is 11.3 Å². The van der Waals surface area contributed by atoms with Crippen LogP contribution in [0.5, 0.6) is 0 Å². The molecule has 0 aliphatic carbocycles. The molecule has 3 aliphatic heterocycles. The Morgan fingerprint density at radius 3 is 2.68 bits per heavy atom. The molecule has 0 saturated carbocycles. The molecule has 3 saturated heterocycles. The van der Waals surface area contributed by atoms with Crippen LogP contribution in [-0.4, -0.2) is 34.3 Å². The molecule has 3 nitrogen and oxygen atoms in total. The molecule has 3 aliphatic rings. The number of nitrogens with one attached hydrogen (secondary N) is 1. The molecule has 22 heavy (non-hydrogen) atoms. The third-order valence-electron chi connectivity index (χ3n) is 6.07. The van der Waals surface area contributed by atoms with Crippen molar-refractivity contribution >= 4 is 16.7 Å². The molecule has 2 aromatic rings. The summed E-state index contributed by atoms with van der Waals surface area (Å²) in [5.41, 5.74) is 1.98. The van der Waals surface area contributed by atoms with Crippen molar-refractivity contribution in [3.63, 3.8) is 0 Å². The number of fused-ring (bicyclic) bond motifs is 4. The summed E-state index contributed by atoms with van der Waals surface area (Å²) in [5.74, 6) is 1.46. The molecule has 0 spiro atoms. The van der Waals surface area contributed by atoms with E-state index < -0.39 is 0 Å². The number of Topliss-reactive ketones (excluding diaryl/α,β-unsaturated/α-hetero) is 1. The normalized spacial score (nSPS) is 29.8. The van der Waals surface area contributed by atoms with Gasteiger partial charge in [-0.05, 0) is 63.7 Å². The first-order valence-corrected chi connectivity index (χ1v) is 8.42. The lowest BCUT2D eigenvalue weighted by Gasteiger charge is -2.56. The number of carbonyl (C=O) groups excluding carboxylic acids is 1.